The van der Waals surface area contributed by atoms with Gasteiger partial charge < -0.3 is 0 Å². The lowest BCUT2D eigenvalue weighted by atomic mass is 10.0. The van der Waals surface area contributed by atoms with Crippen LogP contribution in [-0.2, 0) is 12.6 Å². The lowest BCUT2D eigenvalue weighted by Crippen LogP contribution is -2.09. The Hall–Kier alpha value is -1.26. The van der Waals surface area contributed by atoms with Crippen LogP contribution >= 0.6 is 23.2 Å². The molecule has 0 radical (unpaired) electrons. The molecule has 0 amide bonds. The fourth-order valence-corrected chi connectivity index (χ4v) is 2.44. The molecule has 0 nitrogen and oxygen atoms in total. The van der Waals surface area contributed by atoms with Crippen LogP contribution in [0.4, 0.5) is 17.6 Å². The largest absolute Gasteiger partial charge is 0.419 e. The Morgan fingerprint density at radius 1 is 1.05 bits per heavy atom. The van der Waals surface area contributed by atoms with Gasteiger partial charge in [-0.2, -0.15) is 13.2 Å². The van der Waals surface area contributed by atoms with Crippen LogP contribution in [0.3, 0.4) is 0 Å². The molecule has 0 aliphatic rings. The molecule has 2 aromatic carbocycles. The van der Waals surface area contributed by atoms with Gasteiger partial charge in [0.2, 0.25) is 0 Å². The second-order valence-corrected chi connectivity index (χ2v) is 5.43. The van der Waals surface area contributed by atoms with Gasteiger partial charge in [-0.15, -0.1) is 11.6 Å². The highest BCUT2D eigenvalue weighted by Crippen LogP contribution is 2.35. The van der Waals surface area contributed by atoms with E-state index in [0.29, 0.717) is 5.02 Å². The molecule has 0 aliphatic carbocycles. The molecular formula is C15H10Cl2F4. The third kappa shape index (κ3) is 3.89. The zero-order chi connectivity index (χ0) is 15.6. The van der Waals surface area contributed by atoms with Crippen molar-refractivity contribution in [3.8, 4) is 0 Å². The first-order valence-corrected chi connectivity index (χ1v) is 6.84. The molecule has 0 saturated carbocycles. The standard InChI is InChI=1S/C15H10Cl2F4/c16-12-4-2-1-3-9(12)8-13(17)10-5-6-14(18)11(7-10)15(19,20)21/h1-7,13H,8H2. The van der Waals surface area contributed by atoms with Gasteiger partial charge in [0.1, 0.15) is 5.82 Å². The van der Waals surface area contributed by atoms with Crippen molar-refractivity contribution in [2.45, 2.75) is 18.0 Å². The van der Waals surface area contributed by atoms with Gasteiger partial charge in [0.05, 0.1) is 10.9 Å². The van der Waals surface area contributed by atoms with E-state index in [9.17, 15) is 17.6 Å². The average molecular weight is 337 g/mol. The molecule has 0 fully saturated rings. The molecule has 0 spiro atoms. The van der Waals surface area contributed by atoms with Crippen LogP contribution in [0.25, 0.3) is 0 Å². The quantitative estimate of drug-likeness (QED) is 0.474. The lowest BCUT2D eigenvalue weighted by molar-refractivity contribution is -0.140. The van der Waals surface area contributed by atoms with Crippen LogP contribution < -0.4 is 0 Å². The summed E-state index contributed by atoms with van der Waals surface area (Å²) in [5, 5.41) is -0.243. The van der Waals surface area contributed by atoms with Gasteiger partial charge in [-0.25, -0.2) is 4.39 Å². The molecule has 2 rings (SSSR count). The van der Waals surface area contributed by atoms with Crippen molar-refractivity contribution in [3.63, 3.8) is 0 Å². The van der Waals surface area contributed by atoms with Crippen molar-refractivity contribution < 1.29 is 17.6 Å². The third-order valence-corrected chi connectivity index (χ3v) is 3.79. The maximum absolute atomic E-state index is 13.2. The highest BCUT2D eigenvalue weighted by atomic mass is 35.5. The van der Waals surface area contributed by atoms with E-state index in [0.717, 1.165) is 17.7 Å². The minimum atomic E-state index is -4.75. The van der Waals surface area contributed by atoms with E-state index in [4.69, 9.17) is 23.2 Å². The van der Waals surface area contributed by atoms with E-state index in [1.165, 1.54) is 6.07 Å². The van der Waals surface area contributed by atoms with Crippen molar-refractivity contribution in [3.05, 3.63) is 70.0 Å². The summed E-state index contributed by atoms with van der Waals surface area (Å²) in [7, 11) is 0. The number of rotatable bonds is 3. The fourth-order valence-electron chi connectivity index (χ4n) is 1.93. The van der Waals surface area contributed by atoms with Crippen molar-refractivity contribution in [2.75, 3.05) is 0 Å². The number of alkyl halides is 4. The number of hydrogen-bond acceptors (Lipinski definition) is 0. The minimum Gasteiger partial charge on any atom is -0.206 e. The molecule has 0 N–H and O–H groups in total. The number of halogens is 6. The maximum Gasteiger partial charge on any atom is 0.419 e. The summed E-state index contributed by atoms with van der Waals surface area (Å²) in [5.41, 5.74) is -0.396. The van der Waals surface area contributed by atoms with Gasteiger partial charge in [0, 0.05) is 5.02 Å². The number of benzene rings is 2. The van der Waals surface area contributed by atoms with E-state index in [1.54, 1.807) is 24.3 Å². The van der Waals surface area contributed by atoms with Crippen LogP contribution in [-0.4, -0.2) is 0 Å². The zero-order valence-corrected chi connectivity index (χ0v) is 12.1. The van der Waals surface area contributed by atoms with Crippen molar-refractivity contribution in [1.82, 2.24) is 0 Å². The first-order valence-electron chi connectivity index (χ1n) is 6.03. The van der Waals surface area contributed by atoms with E-state index in [1.807, 2.05) is 0 Å². The molecule has 0 bridgehead atoms. The Morgan fingerprint density at radius 2 is 1.71 bits per heavy atom. The Kier molecular flexibility index (Phi) is 4.79. The van der Waals surface area contributed by atoms with Gasteiger partial charge in [-0.1, -0.05) is 35.9 Å². The molecule has 1 atom stereocenters. The second-order valence-electron chi connectivity index (χ2n) is 4.50. The smallest absolute Gasteiger partial charge is 0.206 e. The summed E-state index contributed by atoms with van der Waals surface area (Å²) in [6.45, 7) is 0. The van der Waals surface area contributed by atoms with E-state index < -0.39 is 22.9 Å². The average Bonchev–Trinajstić information content (AvgIpc) is 2.40. The highest BCUT2D eigenvalue weighted by Gasteiger charge is 2.34. The lowest BCUT2D eigenvalue weighted by Gasteiger charge is -2.14. The Balaban J connectivity index is 2.28. The van der Waals surface area contributed by atoms with Gasteiger partial charge in [0.25, 0.3) is 0 Å². The molecule has 0 aliphatic heterocycles. The second kappa shape index (κ2) is 6.24. The number of hydrogen-bond donors (Lipinski definition) is 0. The summed E-state index contributed by atoms with van der Waals surface area (Å²) in [5.74, 6) is -1.31. The first kappa shape index (κ1) is 16.1. The van der Waals surface area contributed by atoms with E-state index in [-0.39, 0.29) is 12.0 Å². The molecule has 0 aromatic heterocycles. The Labute approximate surface area is 129 Å². The molecule has 112 valence electrons. The Morgan fingerprint density at radius 3 is 2.33 bits per heavy atom. The van der Waals surface area contributed by atoms with Crippen molar-refractivity contribution in [1.29, 1.82) is 0 Å². The van der Waals surface area contributed by atoms with Crippen molar-refractivity contribution in [2.24, 2.45) is 0 Å². The van der Waals surface area contributed by atoms with Crippen LogP contribution in [0, 0.1) is 5.82 Å². The summed E-state index contributed by atoms with van der Waals surface area (Å²) in [6.07, 6.45) is -4.49. The van der Waals surface area contributed by atoms with Gasteiger partial charge in [0.15, 0.2) is 0 Å². The van der Waals surface area contributed by atoms with Crippen molar-refractivity contribution >= 4 is 23.2 Å². The molecule has 0 heterocycles. The summed E-state index contributed by atoms with van der Waals surface area (Å²) < 4.78 is 51.3. The van der Waals surface area contributed by atoms with Crippen LogP contribution in [0.2, 0.25) is 5.02 Å². The van der Waals surface area contributed by atoms with Gasteiger partial charge >= 0.3 is 6.18 Å². The summed E-state index contributed by atoms with van der Waals surface area (Å²) >= 11 is 12.1. The first-order chi connectivity index (χ1) is 9.79. The van der Waals surface area contributed by atoms with Crippen LogP contribution in [0.5, 0.6) is 0 Å². The third-order valence-electron chi connectivity index (χ3n) is 3.01. The summed E-state index contributed by atoms with van der Waals surface area (Å²) in [4.78, 5) is 0. The molecule has 21 heavy (non-hydrogen) atoms. The topological polar surface area (TPSA) is 0 Å². The van der Waals surface area contributed by atoms with Gasteiger partial charge in [-0.3, -0.25) is 0 Å². The SMILES string of the molecule is Fc1ccc(C(Cl)Cc2ccccc2Cl)cc1C(F)(F)F. The Bertz CT molecular complexity index is 638. The van der Waals surface area contributed by atoms with Crippen LogP contribution in [0.1, 0.15) is 22.1 Å². The van der Waals surface area contributed by atoms with Gasteiger partial charge in [-0.05, 0) is 35.7 Å². The van der Waals surface area contributed by atoms with E-state index in [2.05, 4.69) is 0 Å². The fraction of sp³-hybridized carbons (Fsp3) is 0.200. The predicted octanol–water partition coefficient (Wildman–Crippen LogP) is 6.02. The summed E-state index contributed by atoms with van der Waals surface area (Å²) in [6, 6.07) is 9.69. The molecule has 0 saturated heterocycles. The monoisotopic (exact) mass is 336 g/mol. The molecule has 1 unspecified atom stereocenters. The normalized spacial score (nSPS) is 13.2. The zero-order valence-electron chi connectivity index (χ0n) is 10.6. The molecular weight excluding hydrogens is 327 g/mol. The highest BCUT2D eigenvalue weighted by molar-refractivity contribution is 6.31. The van der Waals surface area contributed by atoms with Crippen LogP contribution in [0.15, 0.2) is 42.5 Å². The minimum absolute atomic E-state index is 0.199. The maximum atomic E-state index is 13.2. The predicted molar refractivity (Wildman–Crippen MR) is 75.2 cm³/mol. The van der Waals surface area contributed by atoms with E-state index >= 15 is 0 Å². The molecule has 2 aromatic rings. The molecule has 6 heteroatoms.